The van der Waals surface area contributed by atoms with Crippen LogP contribution in [0.15, 0.2) is 58.7 Å². The summed E-state index contributed by atoms with van der Waals surface area (Å²) in [7, 11) is 1.38. The Kier molecular flexibility index (Phi) is 7.95. The third kappa shape index (κ3) is 6.27. The smallest absolute Gasteiger partial charge is 0.330 e. The average molecular weight is 393 g/mol. The van der Waals surface area contributed by atoms with Crippen molar-refractivity contribution in [2.24, 2.45) is 5.41 Å². The highest BCUT2D eigenvalue weighted by atomic mass is 79.9. The minimum absolute atomic E-state index is 0.223. The molecule has 0 saturated heterocycles. The van der Waals surface area contributed by atoms with Gasteiger partial charge in [0.25, 0.3) is 0 Å². The second kappa shape index (κ2) is 9.22. The molecule has 0 fully saturated rings. The second-order valence-electron chi connectivity index (χ2n) is 7.00. The molecule has 0 heterocycles. The predicted octanol–water partition coefficient (Wildman–Crippen LogP) is 6.06. The van der Waals surface area contributed by atoms with Gasteiger partial charge >= 0.3 is 5.97 Å². The molecular formula is C21H29BrO2. The fourth-order valence-electron chi connectivity index (χ4n) is 2.81. The molecule has 1 aliphatic rings. The van der Waals surface area contributed by atoms with Crippen molar-refractivity contribution in [2.75, 3.05) is 7.11 Å². The first kappa shape index (κ1) is 20.7. The largest absolute Gasteiger partial charge is 0.466 e. The molecular weight excluding hydrogens is 364 g/mol. The maximum absolute atomic E-state index is 11.1. The van der Waals surface area contributed by atoms with E-state index in [9.17, 15) is 4.79 Å². The standard InChI is InChI=1S/C21H29BrO2/c1-15(8-7-9-16(2)14-20(23)24-6)10-11-18-17(3)19(22)12-13-21(18,4)5/h7-11,14,19H,12-13H2,1-6H3. The summed E-state index contributed by atoms with van der Waals surface area (Å²) in [5, 5.41) is 0. The van der Waals surface area contributed by atoms with Crippen molar-refractivity contribution in [2.45, 2.75) is 52.3 Å². The van der Waals surface area contributed by atoms with Crippen LogP contribution in [0.25, 0.3) is 0 Å². The van der Waals surface area contributed by atoms with Gasteiger partial charge < -0.3 is 4.74 Å². The molecule has 0 amide bonds. The fourth-order valence-corrected chi connectivity index (χ4v) is 3.29. The number of methoxy groups -OCH3 is 1. The maximum Gasteiger partial charge on any atom is 0.330 e. The number of rotatable bonds is 5. The summed E-state index contributed by atoms with van der Waals surface area (Å²) in [6.07, 6.45) is 14.2. The molecule has 3 heteroatoms. The summed E-state index contributed by atoms with van der Waals surface area (Å²) in [4.78, 5) is 11.6. The number of hydrogen-bond donors (Lipinski definition) is 0. The lowest BCUT2D eigenvalue weighted by molar-refractivity contribution is -0.134. The first-order chi connectivity index (χ1) is 11.2. The van der Waals surface area contributed by atoms with Crippen LogP contribution >= 0.6 is 15.9 Å². The Morgan fingerprint density at radius 2 is 1.92 bits per heavy atom. The van der Waals surface area contributed by atoms with Crippen LogP contribution in [0.4, 0.5) is 0 Å². The minimum Gasteiger partial charge on any atom is -0.466 e. The summed E-state index contributed by atoms with van der Waals surface area (Å²) >= 11 is 3.77. The van der Waals surface area contributed by atoms with Crippen LogP contribution in [0.1, 0.15) is 47.5 Å². The van der Waals surface area contributed by atoms with Gasteiger partial charge in [-0.25, -0.2) is 4.79 Å². The van der Waals surface area contributed by atoms with Crippen LogP contribution in [0.3, 0.4) is 0 Å². The number of alkyl halides is 1. The Balaban J connectivity index is 2.84. The van der Waals surface area contributed by atoms with Gasteiger partial charge in [-0.1, -0.05) is 71.3 Å². The minimum atomic E-state index is -0.330. The topological polar surface area (TPSA) is 26.3 Å². The molecule has 0 aromatic rings. The molecule has 1 aliphatic carbocycles. The van der Waals surface area contributed by atoms with Gasteiger partial charge in [0.15, 0.2) is 0 Å². The number of carbonyl (C=O) groups excluding carboxylic acids is 1. The predicted molar refractivity (Wildman–Crippen MR) is 106 cm³/mol. The lowest BCUT2D eigenvalue weighted by Crippen LogP contribution is -2.24. The van der Waals surface area contributed by atoms with E-state index in [-0.39, 0.29) is 11.4 Å². The van der Waals surface area contributed by atoms with Gasteiger partial charge in [0.1, 0.15) is 0 Å². The molecule has 2 nitrogen and oxygen atoms in total. The van der Waals surface area contributed by atoms with Gasteiger partial charge in [-0.15, -0.1) is 0 Å². The normalized spacial score (nSPS) is 22.5. The quantitative estimate of drug-likeness (QED) is 0.245. The fraction of sp³-hybridized carbons (Fsp3) is 0.476. The number of carbonyl (C=O) groups is 1. The van der Waals surface area contributed by atoms with Crippen molar-refractivity contribution in [3.63, 3.8) is 0 Å². The van der Waals surface area contributed by atoms with Crippen LogP contribution in [0.5, 0.6) is 0 Å². The monoisotopic (exact) mass is 392 g/mol. The lowest BCUT2D eigenvalue weighted by Gasteiger charge is -2.35. The van der Waals surface area contributed by atoms with Crippen molar-refractivity contribution in [1.82, 2.24) is 0 Å². The molecule has 0 radical (unpaired) electrons. The van der Waals surface area contributed by atoms with Crippen LogP contribution in [-0.2, 0) is 9.53 Å². The number of esters is 1. The van der Waals surface area contributed by atoms with Crippen molar-refractivity contribution in [3.05, 3.63) is 58.7 Å². The zero-order chi connectivity index (χ0) is 18.3. The van der Waals surface area contributed by atoms with E-state index in [0.717, 1.165) is 5.57 Å². The number of hydrogen-bond acceptors (Lipinski definition) is 2. The van der Waals surface area contributed by atoms with Gasteiger partial charge in [-0.3, -0.25) is 0 Å². The van der Waals surface area contributed by atoms with Gasteiger partial charge in [-0.2, -0.15) is 0 Å². The van der Waals surface area contributed by atoms with Gasteiger partial charge in [-0.05, 0) is 50.2 Å². The molecule has 0 bridgehead atoms. The van der Waals surface area contributed by atoms with Gasteiger partial charge in [0.05, 0.1) is 7.11 Å². The Bertz CT molecular complexity index is 616. The van der Waals surface area contributed by atoms with Crippen molar-refractivity contribution < 1.29 is 9.53 Å². The highest BCUT2D eigenvalue weighted by molar-refractivity contribution is 9.09. The van der Waals surface area contributed by atoms with E-state index in [2.05, 4.69) is 60.5 Å². The van der Waals surface area contributed by atoms with E-state index in [4.69, 9.17) is 0 Å². The molecule has 0 aliphatic heterocycles. The Hall–Kier alpha value is -1.35. The molecule has 0 aromatic carbocycles. The third-order valence-corrected chi connectivity index (χ3v) is 5.57. The molecule has 1 unspecified atom stereocenters. The van der Waals surface area contributed by atoms with Crippen LogP contribution in [-0.4, -0.2) is 17.9 Å². The maximum atomic E-state index is 11.1. The Morgan fingerprint density at radius 3 is 2.54 bits per heavy atom. The van der Waals surface area contributed by atoms with Crippen LogP contribution in [0.2, 0.25) is 0 Å². The zero-order valence-electron chi connectivity index (χ0n) is 15.7. The van der Waals surface area contributed by atoms with Crippen molar-refractivity contribution >= 4 is 21.9 Å². The number of halogens is 1. The number of allylic oxidation sites excluding steroid dienone is 9. The first-order valence-electron chi connectivity index (χ1n) is 8.32. The Labute approximate surface area is 155 Å². The summed E-state index contributed by atoms with van der Waals surface area (Å²) in [5.74, 6) is -0.330. The lowest BCUT2D eigenvalue weighted by atomic mass is 9.72. The average Bonchev–Trinajstić information content (AvgIpc) is 2.51. The summed E-state index contributed by atoms with van der Waals surface area (Å²) < 4.78 is 4.61. The van der Waals surface area contributed by atoms with E-state index in [1.165, 1.54) is 42.7 Å². The molecule has 1 rings (SSSR count). The van der Waals surface area contributed by atoms with Gasteiger partial charge in [0, 0.05) is 10.9 Å². The Morgan fingerprint density at radius 1 is 1.25 bits per heavy atom. The van der Waals surface area contributed by atoms with Gasteiger partial charge in [0.2, 0.25) is 0 Å². The van der Waals surface area contributed by atoms with E-state index < -0.39 is 0 Å². The molecule has 0 N–H and O–H groups in total. The molecule has 24 heavy (non-hydrogen) atoms. The molecule has 0 aromatic heterocycles. The van der Waals surface area contributed by atoms with E-state index >= 15 is 0 Å². The second-order valence-corrected chi connectivity index (χ2v) is 8.11. The molecule has 0 saturated carbocycles. The summed E-state index contributed by atoms with van der Waals surface area (Å²) in [5.41, 5.74) is 5.12. The molecule has 0 spiro atoms. The van der Waals surface area contributed by atoms with Crippen LogP contribution < -0.4 is 0 Å². The van der Waals surface area contributed by atoms with Crippen molar-refractivity contribution in [1.29, 1.82) is 0 Å². The summed E-state index contributed by atoms with van der Waals surface area (Å²) in [6, 6.07) is 0. The van der Waals surface area contributed by atoms with E-state index in [0.29, 0.717) is 4.83 Å². The summed E-state index contributed by atoms with van der Waals surface area (Å²) in [6.45, 7) is 10.8. The molecule has 1 atom stereocenters. The first-order valence-corrected chi connectivity index (χ1v) is 9.23. The van der Waals surface area contributed by atoms with Crippen molar-refractivity contribution in [3.8, 4) is 0 Å². The zero-order valence-corrected chi connectivity index (χ0v) is 17.2. The van der Waals surface area contributed by atoms with E-state index in [1.54, 1.807) is 0 Å². The SMILES string of the molecule is COC(=O)C=C(C)C=CC=C(C)C=CC1=C(C)C(Br)CCC1(C)C. The molecule has 132 valence electrons. The number of ether oxygens (including phenoxy) is 1. The highest BCUT2D eigenvalue weighted by Gasteiger charge is 2.30. The van der Waals surface area contributed by atoms with E-state index in [1.807, 2.05) is 25.2 Å². The third-order valence-electron chi connectivity index (χ3n) is 4.42. The highest BCUT2D eigenvalue weighted by Crippen LogP contribution is 2.43. The van der Waals surface area contributed by atoms with Crippen LogP contribution in [0, 0.1) is 5.41 Å².